The number of hydrogen-bond donors (Lipinski definition) is 1. The first kappa shape index (κ1) is 19.4. The van der Waals surface area contributed by atoms with Gasteiger partial charge < -0.3 is 19.5 Å². The molecule has 1 saturated heterocycles. The van der Waals surface area contributed by atoms with Crippen LogP contribution in [0.4, 0.5) is 5.69 Å². The second kappa shape index (κ2) is 7.85. The summed E-state index contributed by atoms with van der Waals surface area (Å²) in [6, 6.07) is 6.26. The van der Waals surface area contributed by atoms with E-state index in [-0.39, 0.29) is 23.9 Å². The molecule has 8 heteroatoms. The molecule has 8 nitrogen and oxygen atoms in total. The zero-order chi connectivity index (χ0) is 20.5. The molecule has 1 amide bonds. The van der Waals surface area contributed by atoms with Gasteiger partial charge in [-0.15, -0.1) is 0 Å². The number of benzene rings is 1. The molecule has 1 aromatic carbocycles. The van der Waals surface area contributed by atoms with Gasteiger partial charge in [0.15, 0.2) is 6.61 Å². The Morgan fingerprint density at radius 2 is 1.90 bits per heavy atom. The summed E-state index contributed by atoms with van der Waals surface area (Å²) in [4.78, 5) is 48.3. The van der Waals surface area contributed by atoms with E-state index in [9.17, 15) is 19.2 Å². The maximum Gasteiger partial charge on any atom is 0.338 e. The molecule has 2 aliphatic carbocycles. The second-order valence-corrected chi connectivity index (χ2v) is 7.79. The van der Waals surface area contributed by atoms with Crippen molar-refractivity contribution in [3.8, 4) is 0 Å². The monoisotopic (exact) mass is 401 g/mol. The highest BCUT2D eigenvalue weighted by molar-refractivity contribution is 5.95. The standard InChI is InChI=1S/C21H23NO7/c1-2-7-27-19(24)11-3-5-13(6-4-11)22-16(23)10-28-20(25)17-12-8-14-15(9-12)29-21(26)18(14)17/h3-6,12,14-15,17-18H,2,7-10H2,1H3,(H,22,23)/t12-,14-,15-,17-,18+/m1/s1. The van der Waals surface area contributed by atoms with Crippen LogP contribution in [-0.4, -0.2) is 43.1 Å². The maximum absolute atomic E-state index is 12.5. The molecule has 1 heterocycles. The molecule has 1 N–H and O–H groups in total. The van der Waals surface area contributed by atoms with Gasteiger partial charge in [0.1, 0.15) is 6.10 Å². The fourth-order valence-corrected chi connectivity index (χ4v) is 4.72. The van der Waals surface area contributed by atoms with Crippen molar-refractivity contribution in [1.29, 1.82) is 0 Å². The van der Waals surface area contributed by atoms with Crippen LogP contribution >= 0.6 is 0 Å². The highest BCUT2D eigenvalue weighted by Gasteiger charge is 2.64. The van der Waals surface area contributed by atoms with Crippen molar-refractivity contribution in [2.45, 2.75) is 32.3 Å². The summed E-state index contributed by atoms with van der Waals surface area (Å²) >= 11 is 0. The molecule has 3 aliphatic rings. The van der Waals surface area contributed by atoms with Gasteiger partial charge in [0.2, 0.25) is 0 Å². The van der Waals surface area contributed by atoms with Crippen LogP contribution in [0.5, 0.6) is 0 Å². The van der Waals surface area contributed by atoms with E-state index in [2.05, 4.69) is 5.32 Å². The lowest BCUT2D eigenvalue weighted by molar-refractivity contribution is -0.157. The van der Waals surface area contributed by atoms with Crippen molar-refractivity contribution in [2.24, 2.45) is 23.7 Å². The van der Waals surface area contributed by atoms with Crippen LogP contribution in [0.1, 0.15) is 36.5 Å². The van der Waals surface area contributed by atoms with Crippen molar-refractivity contribution in [2.75, 3.05) is 18.5 Å². The van der Waals surface area contributed by atoms with Crippen molar-refractivity contribution in [3.05, 3.63) is 29.8 Å². The van der Waals surface area contributed by atoms with E-state index in [1.807, 2.05) is 6.92 Å². The van der Waals surface area contributed by atoms with Crippen LogP contribution in [-0.2, 0) is 28.6 Å². The molecule has 0 spiro atoms. The number of esters is 3. The minimum Gasteiger partial charge on any atom is -0.462 e. The maximum atomic E-state index is 12.5. The Balaban J connectivity index is 1.27. The zero-order valence-electron chi connectivity index (χ0n) is 16.1. The van der Waals surface area contributed by atoms with Gasteiger partial charge in [-0.05, 0) is 49.4 Å². The summed E-state index contributed by atoms with van der Waals surface area (Å²) in [7, 11) is 0. The Labute approximate surface area is 167 Å². The lowest BCUT2D eigenvalue weighted by atomic mass is 9.80. The third-order valence-electron chi connectivity index (χ3n) is 5.94. The van der Waals surface area contributed by atoms with Crippen molar-refractivity contribution >= 4 is 29.5 Å². The summed E-state index contributed by atoms with van der Waals surface area (Å²) < 4.78 is 15.5. The number of fused-ring (bicyclic) bond motifs is 1. The minimum absolute atomic E-state index is 0.0490. The summed E-state index contributed by atoms with van der Waals surface area (Å²) in [5.74, 6) is -2.46. The highest BCUT2D eigenvalue weighted by Crippen LogP contribution is 2.57. The quantitative estimate of drug-likeness (QED) is 0.549. The fourth-order valence-electron chi connectivity index (χ4n) is 4.72. The SMILES string of the molecule is CCCOC(=O)c1ccc(NC(=O)COC(=O)[C@@H]2[C@@H]3C[C@H]4[C@@H]2C(=O)O[C@@H]4C3)cc1. The van der Waals surface area contributed by atoms with E-state index in [0.29, 0.717) is 24.3 Å². The lowest BCUT2D eigenvalue weighted by Gasteiger charge is -2.22. The van der Waals surface area contributed by atoms with Crippen LogP contribution < -0.4 is 5.32 Å². The van der Waals surface area contributed by atoms with Crippen molar-refractivity contribution < 1.29 is 33.4 Å². The third-order valence-corrected chi connectivity index (χ3v) is 5.94. The summed E-state index contributed by atoms with van der Waals surface area (Å²) in [6.07, 6.45) is 2.20. The number of carbonyl (C=O) groups excluding carboxylic acids is 4. The molecular formula is C21H23NO7. The number of carbonyl (C=O) groups is 4. The molecule has 2 bridgehead atoms. The number of rotatable bonds is 7. The Hall–Kier alpha value is -2.90. The van der Waals surface area contributed by atoms with Gasteiger partial charge in [-0.1, -0.05) is 6.92 Å². The number of anilines is 1. The third kappa shape index (κ3) is 3.71. The molecule has 0 aromatic heterocycles. The fraction of sp³-hybridized carbons (Fsp3) is 0.524. The number of nitrogens with one attached hydrogen (secondary N) is 1. The van der Waals surface area contributed by atoms with Crippen LogP contribution in [0.15, 0.2) is 24.3 Å². The topological polar surface area (TPSA) is 108 Å². The Morgan fingerprint density at radius 1 is 1.14 bits per heavy atom. The predicted octanol–water partition coefficient (Wildman–Crippen LogP) is 1.93. The lowest BCUT2D eigenvalue weighted by Crippen LogP contribution is -2.34. The number of amides is 1. The molecule has 29 heavy (non-hydrogen) atoms. The van der Waals surface area contributed by atoms with E-state index in [0.717, 1.165) is 12.8 Å². The van der Waals surface area contributed by atoms with E-state index in [1.165, 1.54) is 0 Å². The Morgan fingerprint density at radius 3 is 2.62 bits per heavy atom. The van der Waals surface area contributed by atoms with Crippen LogP contribution in [0.3, 0.4) is 0 Å². The molecule has 1 aromatic rings. The van der Waals surface area contributed by atoms with Crippen molar-refractivity contribution in [1.82, 2.24) is 0 Å². The zero-order valence-corrected chi connectivity index (χ0v) is 16.1. The van der Waals surface area contributed by atoms with E-state index < -0.39 is 36.3 Å². The van der Waals surface area contributed by atoms with Crippen LogP contribution in [0.2, 0.25) is 0 Å². The van der Waals surface area contributed by atoms with Gasteiger partial charge in [0, 0.05) is 11.6 Å². The van der Waals surface area contributed by atoms with Crippen LogP contribution in [0, 0.1) is 23.7 Å². The predicted molar refractivity (Wildman–Crippen MR) is 99.7 cm³/mol. The Bertz CT molecular complexity index is 832. The summed E-state index contributed by atoms with van der Waals surface area (Å²) in [6.45, 7) is 1.83. The van der Waals surface area contributed by atoms with Crippen molar-refractivity contribution in [3.63, 3.8) is 0 Å². The molecule has 0 radical (unpaired) electrons. The first-order valence-electron chi connectivity index (χ1n) is 9.92. The molecule has 1 aliphatic heterocycles. The Kier molecular flexibility index (Phi) is 5.25. The van der Waals surface area contributed by atoms with Crippen LogP contribution in [0.25, 0.3) is 0 Å². The number of ether oxygens (including phenoxy) is 3. The molecule has 0 unspecified atom stereocenters. The first-order valence-corrected chi connectivity index (χ1v) is 9.92. The van der Waals surface area contributed by atoms with E-state index >= 15 is 0 Å². The molecule has 3 fully saturated rings. The molecule has 4 rings (SSSR count). The van der Waals surface area contributed by atoms with Gasteiger partial charge >= 0.3 is 17.9 Å². The van der Waals surface area contributed by atoms with E-state index in [1.54, 1.807) is 24.3 Å². The second-order valence-electron chi connectivity index (χ2n) is 7.79. The van der Waals surface area contributed by atoms with Gasteiger partial charge in [-0.2, -0.15) is 0 Å². The molecular weight excluding hydrogens is 378 g/mol. The van der Waals surface area contributed by atoms with E-state index in [4.69, 9.17) is 14.2 Å². The average Bonchev–Trinajstić information content (AvgIpc) is 3.33. The molecule has 5 atom stereocenters. The normalized spacial score (nSPS) is 28.7. The average molecular weight is 401 g/mol. The smallest absolute Gasteiger partial charge is 0.338 e. The minimum atomic E-state index is -0.510. The summed E-state index contributed by atoms with van der Waals surface area (Å²) in [5, 5.41) is 2.61. The molecule has 154 valence electrons. The number of hydrogen-bond acceptors (Lipinski definition) is 7. The van der Waals surface area contributed by atoms with Gasteiger partial charge in [-0.25, -0.2) is 4.79 Å². The first-order chi connectivity index (χ1) is 14.0. The highest BCUT2D eigenvalue weighted by atomic mass is 16.6. The summed E-state index contributed by atoms with van der Waals surface area (Å²) in [5.41, 5.74) is 0.862. The van der Waals surface area contributed by atoms with Gasteiger partial charge in [-0.3, -0.25) is 14.4 Å². The van der Waals surface area contributed by atoms with Gasteiger partial charge in [0.05, 0.1) is 24.0 Å². The van der Waals surface area contributed by atoms with Gasteiger partial charge in [0.25, 0.3) is 5.91 Å². The molecule has 2 saturated carbocycles. The largest absolute Gasteiger partial charge is 0.462 e.